The molecule has 0 radical (unpaired) electrons. The Bertz CT molecular complexity index is 1140. The SMILES string of the molecule is CCCCNCC(C(=O)N1CCN(c2ncnc3sc4c(c23)CCC4)CC1)c1ccc(Cl)cc1. The Labute approximate surface area is 210 Å². The number of anilines is 1. The van der Waals surface area contributed by atoms with Crippen LogP contribution in [0.25, 0.3) is 10.2 Å². The van der Waals surface area contributed by atoms with Crippen molar-refractivity contribution in [3.05, 3.63) is 51.6 Å². The lowest BCUT2D eigenvalue weighted by atomic mass is 9.97. The third-order valence-electron chi connectivity index (χ3n) is 7.00. The lowest BCUT2D eigenvalue weighted by Gasteiger charge is -2.37. The molecule has 0 saturated carbocycles. The monoisotopic (exact) mass is 497 g/mol. The molecular weight excluding hydrogens is 466 g/mol. The fourth-order valence-corrected chi connectivity index (χ4v) is 6.45. The maximum Gasteiger partial charge on any atom is 0.231 e. The zero-order chi connectivity index (χ0) is 23.5. The number of fused-ring (bicyclic) bond motifs is 3. The maximum absolute atomic E-state index is 13.6. The normalized spacial score (nSPS) is 16.8. The van der Waals surface area contributed by atoms with E-state index in [1.807, 2.05) is 40.5 Å². The molecule has 1 aliphatic carbocycles. The van der Waals surface area contributed by atoms with Gasteiger partial charge in [0.15, 0.2) is 0 Å². The Morgan fingerprint density at radius 3 is 2.71 bits per heavy atom. The topological polar surface area (TPSA) is 61.4 Å². The second kappa shape index (κ2) is 10.6. The summed E-state index contributed by atoms with van der Waals surface area (Å²) < 4.78 is 0. The van der Waals surface area contributed by atoms with Gasteiger partial charge < -0.3 is 15.1 Å². The highest BCUT2D eigenvalue weighted by Crippen LogP contribution is 2.40. The first kappa shape index (κ1) is 23.5. The van der Waals surface area contributed by atoms with Crippen LogP contribution in [0.1, 0.15) is 48.1 Å². The molecule has 180 valence electrons. The number of thiophene rings is 1. The Kier molecular flexibility index (Phi) is 7.32. The highest BCUT2D eigenvalue weighted by Gasteiger charge is 2.30. The Morgan fingerprint density at radius 1 is 1.15 bits per heavy atom. The van der Waals surface area contributed by atoms with Gasteiger partial charge >= 0.3 is 0 Å². The number of benzene rings is 1. The van der Waals surface area contributed by atoms with E-state index in [0.29, 0.717) is 24.7 Å². The minimum Gasteiger partial charge on any atom is -0.352 e. The molecule has 1 unspecified atom stereocenters. The summed E-state index contributed by atoms with van der Waals surface area (Å²) in [5.41, 5.74) is 2.47. The van der Waals surface area contributed by atoms with Crippen LogP contribution in [-0.2, 0) is 17.6 Å². The largest absolute Gasteiger partial charge is 0.352 e. The molecule has 1 aliphatic heterocycles. The van der Waals surface area contributed by atoms with E-state index < -0.39 is 0 Å². The molecule has 1 saturated heterocycles. The summed E-state index contributed by atoms with van der Waals surface area (Å²) in [7, 11) is 0. The van der Waals surface area contributed by atoms with E-state index in [4.69, 9.17) is 16.6 Å². The number of nitrogens with one attached hydrogen (secondary N) is 1. The number of aryl methyl sites for hydroxylation is 2. The van der Waals surface area contributed by atoms with E-state index in [0.717, 1.165) is 61.5 Å². The summed E-state index contributed by atoms with van der Waals surface area (Å²) in [5, 5.41) is 5.43. The number of halogens is 1. The van der Waals surface area contributed by atoms with Crippen molar-refractivity contribution < 1.29 is 4.79 Å². The number of piperazine rings is 1. The van der Waals surface area contributed by atoms with Crippen molar-refractivity contribution in [2.24, 2.45) is 0 Å². The number of rotatable bonds is 8. The van der Waals surface area contributed by atoms with Gasteiger partial charge in [0.2, 0.25) is 5.91 Å². The number of hydrogen-bond acceptors (Lipinski definition) is 6. The summed E-state index contributed by atoms with van der Waals surface area (Å²) in [6.45, 7) is 6.74. The lowest BCUT2D eigenvalue weighted by molar-refractivity contribution is -0.133. The molecule has 3 aromatic rings. The predicted octanol–water partition coefficient (Wildman–Crippen LogP) is 4.66. The van der Waals surface area contributed by atoms with E-state index in [2.05, 4.69) is 22.1 Å². The molecule has 2 aliphatic rings. The van der Waals surface area contributed by atoms with Crippen molar-refractivity contribution in [3.63, 3.8) is 0 Å². The summed E-state index contributed by atoms with van der Waals surface area (Å²) in [6, 6.07) is 7.72. The molecule has 1 N–H and O–H groups in total. The van der Waals surface area contributed by atoms with E-state index in [1.165, 1.54) is 22.2 Å². The quantitative estimate of drug-likeness (QED) is 0.459. The number of carbonyl (C=O) groups excluding carboxylic acids is 1. The van der Waals surface area contributed by atoms with Gasteiger partial charge in [-0.15, -0.1) is 11.3 Å². The average Bonchev–Trinajstić information content (AvgIpc) is 3.46. The molecule has 8 heteroatoms. The molecule has 0 spiro atoms. The molecule has 1 atom stereocenters. The fourth-order valence-electron chi connectivity index (χ4n) is 5.10. The highest BCUT2D eigenvalue weighted by atomic mass is 35.5. The molecule has 0 bridgehead atoms. The first-order valence-electron chi connectivity index (χ1n) is 12.4. The molecule has 1 fully saturated rings. The number of nitrogens with zero attached hydrogens (tertiary/aromatic N) is 4. The third-order valence-corrected chi connectivity index (χ3v) is 8.45. The number of unbranched alkanes of at least 4 members (excludes halogenated alkanes) is 1. The zero-order valence-corrected chi connectivity index (χ0v) is 21.3. The van der Waals surface area contributed by atoms with Gasteiger partial charge in [-0.05, 0) is 55.5 Å². The van der Waals surface area contributed by atoms with Crippen LogP contribution in [0.3, 0.4) is 0 Å². The summed E-state index contributed by atoms with van der Waals surface area (Å²) in [6.07, 6.45) is 7.46. The van der Waals surface area contributed by atoms with Gasteiger partial charge in [0.1, 0.15) is 17.0 Å². The average molecular weight is 498 g/mol. The number of hydrogen-bond donors (Lipinski definition) is 1. The van der Waals surface area contributed by atoms with Gasteiger partial charge in [-0.2, -0.15) is 0 Å². The van der Waals surface area contributed by atoms with Gasteiger partial charge in [0.25, 0.3) is 0 Å². The maximum atomic E-state index is 13.6. The van der Waals surface area contributed by atoms with Gasteiger partial charge in [0, 0.05) is 42.6 Å². The molecule has 1 aromatic carbocycles. The number of carbonyl (C=O) groups is 1. The molecule has 1 amide bonds. The van der Waals surface area contributed by atoms with Crippen LogP contribution in [0.5, 0.6) is 0 Å². The van der Waals surface area contributed by atoms with E-state index in [1.54, 1.807) is 6.33 Å². The van der Waals surface area contributed by atoms with Gasteiger partial charge in [-0.25, -0.2) is 9.97 Å². The Morgan fingerprint density at radius 2 is 1.94 bits per heavy atom. The summed E-state index contributed by atoms with van der Waals surface area (Å²) in [5.74, 6) is 1.04. The molecule has 34 heavy (non-hydrogen) atoms. The summed E-state index contributed by atoms with van der Waals surface area (Å²) in [4.78, 5) is 29.8. The van der Waals surface area contributed by atoms with Crippen LogP contribution < -0.4 is 10.2 Å². The van der Waals surface area contributed by atoms with Crippen molar-refractivity contribution in [2.45, 2.75) is 44.9 Å². The van der Waals surface area contributed by atoms with Crippen LogP contribution in [0.15, 0.2) is 30.6 Å². The van der Waals surface area contributed by atoms with Crippen molar-refractivity contribution >= 4 is 44.9 Å². The van der Waals surface area contributed by atoms with Gasteiger partial charge in [-0.3, -0.25) is 4.79 Å². The minimum absolute atomic E-state index is 0.190. The van der Waals surface area contributed by atoms with Crippen molar-refractivity contribution in [1.82, 2.24) is 20.2 Å². The first-order valence-corrected chi connectivity index (χ1v) is 13.6. The number of amides is 1. The van der Waals surface area contributed by atoms with E-state index in [9.17, 15) is 4.79 Å². The summed E-state index contributed by atoms with van der Waals surface area (Å²) >= 11 is 7.93. The third kappa shape index (κ3) is 4.79. The Hall–Kier alpha value is -2.22. The smallest absolute Gasteiger partial charge is 0.231 e. The second-order valence-corrected chi connectivity index (χ2v) is 10.7. The molecule has 2 aromatic heterocycles. The molecule has 5 rings (SSSR count). The Balaban J connectivity index is 1.29. The lowest BCUT2D eigenvalue weighted by Crippen LogP contribution is -2.51. The standard InChI is InChI=1S/C26H32ClN5OS/c1-2-3-11-28-16-21(18-7-9-19(27)10-8-18)26(33)32-14-12-31(13-15-32)24-23-20-5-4-6-22(20)34-25(23)30-17-29-24/h7-10,17,21,28H,2-6,11-16H2,1H3. The zero-order valence-electron chi connectivity index (χ0n) is 19.7. The van der Waals surface area contributed by atoms with Crippen LogP contribution in [0.4, 0.5) is 5.82 Å². The van der Waals surface area contributed by atoms with Crippen LogP contribution >= 0.6 is 22.9 Å². The van der Waals surface area contributed by atoms with Crippen LogP contribution in [0, 0.1) is 0 Å². The molecule has 6 nitrogen and oxygen atoms in total. The van der Waals surface area contributed by atoms with E-state index in [-0.39, 0.29) is 11.8 Å². The van der Waals surface area contributed by atoms with E-state index >= 15 is 0 Å². The van der Waals surface area contributed by atoms with Gasteiger partial charge in [0.05, 0.1) is 11.3 Å². The first-order chi connectivity index (χ1) is 16.7. The highest BCUT2D eigenvalue weighted by molar-refractivity contribution is 7.19. The van der Waals surface area contributed by atoms with Crippen molar-refractivity contribution in [3.8, 4) is 0 Å². The van der Waals surface area contributed by atoms with Crippen molar-refractivity contribution in [1.29, 1.82) is 0 Å². The van der Waals surface area contributed by atoms with Crippen molar-refractivity contribution in [2.75, 3.05) is 44.2 Å². The van der Waals surface area contributed by atoms with Crippen LogP contribution in [-0.4, -0.2) is 60.0 Å². The minimum atomic E-state index is -0.202. The predicted molar refractivity (Wildman–Crippen MR) is 140 cm³/mol. The molecule has 3 heterocycles. The van der Waals surface area contributed by atoms with Gasteiger partial charge in [-0.1, -0.05) is 37.1 Å². The fraction of sp³-hybridized carbons (Fsp3) is 0.500. The van der Waals surface area contributed by atoms with Crippen LogP contribution in [0.2, 0.25) is 5.02 Å². The second-order valence-electron chi connectivity index (χ2n) is 9.21. The molecular formula is C26H32ClN5OS. The number of aromatic nitrogens is 2.